The van der Waals surface area contributed by atoms with Crippen LogP contribution in [-0.2, 0) is 11.3 Å². The van der Waals surface area contributed by atoms with Crippen molar-refractivity contribution < 1.29 is 14.7 Å². The number of aromatic nitrogens is 3. The molecule has 24 heavy (non-hydrogen) atoms. The average Bonchev–Trinajstić information content (AvgIpc) is 2.96. The Kier molecular flexibility index (Phi) is 4.09. The summed E-state index contributed by atoms with van der Waals surface area (Å²) < 4.78 is 1.07. The van der Waals surface area contributed by atoms with Gasteiger partial charge in [-0.3, -0.25) is 9.59 Å². The molecule has 2 heterocycles. The van der Waals surface area contributed by atoms with Crippen molar-refractivity contribution in [1.29, 1.82) is 0 Å². The summed E-state index contributed by atoms with van der Waals surface area (Å²) in [5.74, 6) is -1.46. The minimum Gasteiger partial charge on any atom is -0.476 e. The summed E-state index contributed by atoms with van der Waals surface area (Å²) in [6.07, 6.45) is 0. The molecule has 0 saturated carbocycles. The number of hydrogen-bond donors (Lipinski definition) is 2. The zero-order valence-corrected chi connectivity index (χ0v) is 13.3. The van der Waals surface area contributed by atoms with Gasteiger partial charge in [0, 0.05) is 17.7 Å². The Hall–Kier alpha value is -3.07. The number of thiazole rings is 1. The summed E-state index contributed by atoms with van der Waals surface area (Å²) in [5.41, 5.74) is -0.0860. The van der Waals surface area contributed by atoms with Gasteiger partial charge in [-0.1, -0.05) is 18.2 Å². The zero-order chi connectivity index (χ0) is 17.3. The van der Waals surface area contributed by atoms with Gasteiger partial charge in [-0.15, -0.1) is 11.3 Å². The monoisotopic (exact) mass is 344 g/mol. The highest BCUT2D eigenvalue weighted by Gasteiger charge is 2.16. The molecule has 122 valence electrons. The van der Waals surface area contributed by atoms with Crippen LogP contribution in [0.25, 0.3) is 10.8 Å². The number of amides is 1. The molecule has 0 atom stereocenters. The van der Waals surface area contributed by atoms with Crippen molar-refractivity contribution in [2.45, 2.75) is 13.5 Å². The Bertz CT molecular complexity index is 1010. The number of carbonyl (C=O) groups is 2. The molecular weight excluding hydrogens is 332 g/mol. The van der Waals surface area contributed by atoms with Gasteiger partial charge >= 0.3 is 5.97 Å². The SMILES string of the molecule is CC(=O)Nc1nc(Cn2nc(C(=O)O)c3ccccc3c2=O)cs1. The molecule has 0 fully saturated rings. The number of fused-ring (bicyclic) bond motifs is 1. The van der Waals surface area contributed by atoms with Gasteiger partial charge in [-0.2, -0.15) is 5.10 Å². The van der Waals surface area contributed by atoms with Crippen LogP contribution in [0.2, 0.25) is 0 Å². The first-order valence-corrected chi connectivity index (χ1v) is 7.79. The lowest BCUT2D eigenvalue weighted by Gasteiger charge is -2.07. The molecule has 8 nitrogen and oxygen atoms in total. The van der Waals surface area contributed by atoms with E-state index in [1.54, 1.807) is 29.6 Å². The van der Waals surface area contributed by atoms with Crippen LogP contribution in [0.1, 0.15) is 23.1 Å². The first kappa shape index (κ1) is 15.8. The Morgan fingerprint density at radius 2 is 2.00 bits per heavy atom. The molecular formula is C15H12N4O4S. The van der Waals surface area contributed by atoms with Crippen LogP contribution in [0.3, 0.4) is 0 Å². The van der Waals surface area contributed by atoms with E-state index in [1.807, 2.05) is 0 Å². The maximum Gasteiger partial charge on any atom is 0.357 e. The molecule has 2 aromatic heterocycles. The molecule has 1 aromatic carbocycles. The Morgan fingerprint density at radius 1 is 1.29 bits per heavy atom. The van der Waals surface area contributed by atoms with Crippen molar-refractivity contribution in [3.05, 3.63) is 51.4 Å². The molecule has 3 aromatic rings. The van der Waals surface area contributed by atoms with E-state index in [-0.39, 0.29) is 23.5 Å². The van der Waals surface area contributed by atoms with Crippen molar-refractivity contribution in [2.75, 3.05) is 5.32 Å². The van der Waals surface area contributed by atoms with E-state index < -0.39 is 11.5 Å². The smallest absolute Gasteiger partial charge is 0.357 e. The zero-order valence-electron chi connectivity index (χ0n) is 12.5. The van der Waals surface area contributed by atoms with E-state index in [0.29, 0.717) is 16.2 Å². The molecule has 9 heteroatoms. The standard InChI is InChI=1S/C15H12N4O4S/c1-8(20)16-15-17-9(7-24-15)6-19-13(21)11-5-3-2-4-10(11)12(18-19)14(22)23/h2-5,7H,6H2,1H3,(H,22,23)(H,16,17,20). The summed E-state index contributed by atoms with van der Waals surface area (Å²) in [5, 5.41) is 18.5. The molecule has 0 unspecified atom stereocenters. The number of nitrogens with one attached hydrogen (secondary N) is 1. The van der Waals surface area contributed by atoms with Crippen molar-refractivity contribution in [3.63, 3.8) is 0 Å². The van der Waals surface area contributed by atoms with Crippen LogP contribution in [0.15, 0.2) is 34.4 Å². The molecule has 3 rings (SSSR count). The van der Waals surface area contributed by atoms with E-state index in [4.69, 9.17) is 0 Å². The quantitative estimate of drug-likeness (QED) is 0.742. The van der Waals surface area contributed by atoms with Gasteiger partial charge in [0.2, 0.25) is 5.91 Å². The van der Waals surface area contributed by atoms with Gasteiger partial charge < -0.3 is 10.4 Å². The van der Waals surface area contributed by atoms with Crippen LogP contribution in [0.4, 0.5) is 5.13 Å². The maximum atomic E-state index is 12.5. The number of anilines is 1. The normalized spacial score (nSPS) is 10.7. The number of carboxylic acid groups (broad SMARTS) is 1. The van der Waals surface area contributed by atoms with E-state index in [9.17, 15) is 19.5 Å². The second-order valence-corrected chi connectivity index (χ2v) is 5.85. The fourth-order valence-electron chi connectivity index (χ4n) is 2.24. The molecule has 0 aliphatic rings. The Labute approximate surface area is 139 Å². The van der Waals surface area contributed by atoms with E-state index in [0.717, 1.165) is 4.68 Å². The van der Waals surface area contributed by atoms with Gasteiger partial charge in [0.15, 0.2) is 10.8 Å². The number of rotatable bonds is 4. The maximum absolute atomic E-state index is 12.5. The van der Waals surface area contributed by atoms with Crippen LogP contribution >= 0.6 is 11.3 Å². The highest BCUT2D eigenvalue weighted by molar-refractivity contribution is 7.13. The summed E-state index contributed by atoms with van der Waals surface area (Å²) in [7, 11) is 0. The van der Waals surface area contributed by atoms with Gasteiger partial charge in [0.1, 0.15) is 0 Å². The predicted octanol–water partition coefficient (Wildman–Crippen LogP) is 1.56. The van der Waals surface area contributed by atoms with Crippen LogP contribution in [0, 0.1) is 0 Å². The molecule has 0 spiro atoms. The predicted molar refractivity (Wildman–Crippen MR) is 88.5 cm³/mol. The highest BCUT2D eigenvalue weighted by Crippen LogP contribution is 2.17. The number of carbonyl (C=O) groups excluding carboxylic acids is 1. The Morgan fingerprint density at radius 3 is 2.67 bits per heavy atom. The molecule has 0 saturated heterocycles. The fraction of sp³-hybridized carbons (Fsp3) is 0.133. The van der Waals surface area contributed by atoms with Crippen molar-refractivity contribution >= 4 is 39.1 Å². The van der Waals surface area contributed by atoms with Crippen LogP contribution < -0.4 is 10.9 Å². The van der Waals surface area contributed by atoms with E-state index in [1.165, 1.54) is 18.3 Å². The van der Waals surface area contributed by atoms with Crippen LogP contribution in [-0.4, -0.2) is 31.7 Å². The minimum atomic E-state index is -1.21. The summed E-state index contributed by atoms with van der Waals surface area (Å²) in [6, 6.07) is 6.43. The van der Waals surface area contributed by atoms with Gasteiger partial charge in [0.25, 0.3) is 5.56 Å². The number of nitrogens with zero attached hydrogens (tertiary/aromatic N) is 3. The lowest BCUT2D eigenvalue weighted by Crippen LogP contribution is -2.26. The third-order valence-corrected chi connectivity index (χ3v) is 4.02. The van der Waals surface area contributed by atoms with Gasteiger partial charge in [-0.25, -0.2) is 14.5 Å². The second kappa shape index (κ2) is 6.20. The van der Waals surface area contributed by atoms with E-state index >= 15 is 0 Å². The average molecular weight is 344 g/mol. The number of benzene rings is 1. The molecule has 0 aliphatic carbocycles. The lowest BCUT2D eigenvalue weighted by atomic mass is 10.1. The molecule has 0 radical (unpaired) electrons. The highest BCUT2D eigenvalue weighted by atomic mass is 32.1. The van der Waals surface area contributed by atoms with Crippen LogP contribution in [0.5, 0.6) is 0 Å². The molecule has 1 amide bonds. The summed E-state index contributed by atoms with van der Waals surface area (Å²) in [6.45, 7) is 1.38. The van der Waals surface area contributed by atoms with Gasteiger partial charge in [-0.05, 0) is 6.07 Å². The topological polar surface area (TPSA) is 114 Å². The molecule has 2 N–H and O–H groups in total. The third kappa shape index (κ3) is 3.01. The summed E-state index contributed by atoms with van der Waals surface area (Å²) in [4.78, 5) is 39.1. The Balaban J connectivity index is 2.05. The molecule has 0 aliphatic heterocycles. The second-order valence-electron chi connectivity index (χ2n) is 4.99. The van der Waals surface area contributed by atoms with E-state index in [2.05, 4.69) is 15.4 Å². The van der Waals surface area contributed by atoms with Gasteiger partial charge in [0.05, 0.1) is 17.6 Å². The first-order chi connectivity index (χ1) is 11.5. The third-order valence-electron chi connectivity index (χ3n) is 3.22. The fourth-order valence-corrected chi connectivity index (χ4v) is 2.99. The lowest BCUT2D eigenvalue weighted by molar-refractivity contribution is -0.114. The minimum absolute atomic E-state index is 0.0139. The first-order valence-electron chi connectivity index (χ1n) is 6.91. The van der Waals surface area contributed by atoms with Crippen molar-refractivity contribution in [1.82, 2.24) is 14.8 Å². The summed E-state index contributed by atoms with van der Waals surface area (Å²) >= 11 is 1.21. The van der Waals surface area contributed by atoms with Crippen molar-refractivity contribution in [2.24, 2.45) is 0 Å². The van der Waals surface area contributed by atoms with Crippen molar-refractivity contribution in [3.8, 4) is 0 Å². The number of carboxylic acids is 1. The number of hydrogen-bond acceptors (Lipinski definition) is 6. The number of aromatic carboxylic acids is 1. The largest absolute Gasteiger partial charge is 0.476 e. The molecule has 0 bridgehead atoms.